The summed E-state index contributed by atoms with van der Waals surface area (Å²) in [6.07, 6.45) is -4.65. The van der Waals surface area contributed by atoms with Crippen molar-refractivity contribution in [3.05, 3.63) is 34.9 Å². The second-order valence-corrected chi connectivity index (χ2v) is 5.26. The molecule has 2 rings (SSSR count). The number of benzene rings is 1. The lowest BCUT2D eigenvalue weighted by atomic mass is 10.0. The van der Waals surface area contributed by atoms with Crippen LogP contribution in [0, 0.1) is 12.8 Å². The van der Waals surface area contributed by atoms with Crippen molar-refractivity contribution in [2.24, 2.45) is 5.92 Å². The smallest absolute Gasteiger partial charge is 0.391 e. The molecule has 3 nitrogen and oxygen atoms in total. The maximum Gasteiger partial charge on any atom is 0.416 e. The van der Waals surface area contributed by atoms with Crippen LogP contribution in [0.3, 0.4) is 0 Å². The van der Waals surface area contributed by atoms with Gasteiger partial charge in [0.15, 0.2) is 0 Å². The number of aliphatic hydroxyl groups is 1. The van der Waals surface area contributed by atoms with Crippen molar-refractivity contribution in [3.63, 3.8) is 0 Å². The van der Waals surface area contributed by atoms with Crippen LogP contribution >= 0.6 is 12.4 Å². The van der Waals surface area contributed by atoms with Crippen LogP contribution in [0.5, 0.6) is 0 Å². The first kappa shape index (κ1) is 18.2. The summed E-state index contributed by atoms with van der Waals surface area (Å²) in [5.74, 6) is 0.157. The van der Waals surface area contributed by atoms with Crippen LogP contribution < -0.4 is 10.6 Å². The Kier molecular flexibility index (Phi) is 6.46. The van der Waals surface area contributed by atoms with E-state index in [0.717, 1.165) is 18.2 Å². The number of halogens is 4. The third-order valence-electron chi connectivity index (χ3n) is 3.70. The highest BCUT2D eigenvalue weighted by Gasteiger charge is 2.30. The molecule has 1 aromatic carbocycles. The molecule has 0 aliphatic carbocycles. The number of β-amino-alcohol motifs (C(OH)–C–C–N with tert-alkyl or cyclic N) is 1. The molecule has 3 N–H and O–H groups in total. The van der Waals surface area contributed by atoms with Gasteiger partial charge in [-0.2, -0.15) is 13.2 Å². The van der Waals surface area contributed by atoms with Gasteiger partial charge in [-0.25, -0.2) is 0 Å². The number of alkyl halides is 3. The topological polar surface area (TPSA) is 44.3 Å². The Labute approximate surface area is 128 Å². The van der Waals surface area contributed by atoms with E-state index in [9.17, 15) is 18.3 Å². The van der Waals surface area contributed by atoms with Gasteiger partial charge in [0.1, 0.15) is 0 Å². The Morgan fingerprint density at radius 2 is 2.05 bits per heavy atom. The highest BCUT2D eigenvalue weighted by atomic mass is 35.5. The van der Waals surface area contributed by atoms with Crippen molar-refractivity contribution in [1.29, 1.82) is 0 Å². The molecule has 120 valence electrons. The molecule has 1 fully saturated rings. The molecule has 0 radical (unpaired) electrons. The van der Waals surface area contributed by atoms with E-state index in [4.69, 9.17) is 0 Å². The summed E-state index contributed by atoms with van der Waals surface area (Å²) in [5.41, 5.74) is 0.852. The molecule has 0 spiro atoms. The molecule has 7 heteroatoms. The first-order valence-corrected chi connectivity index (χ1v) is 6.64. The van der Waals surface area contributed by atoms with Gasteiger partial charge >= 0.3 is 6.18 Å². The SMILES string of the molecule is Cc1cc(C(F)(F)F)ccc1CNCC1CNCC1O.Cl. The molecule has 2 atom stereocenters. The number of rotatable bonds is 4. The average Bonchev–Trinajstić information content (AvgIpc) is 2.76. The van der Waals surface area contributed by atoms with Crippen LogP contribution in [0.1, 0.15) is 16.7 Å². The molecule has 0 saturated carbocycles. The molecule has 0 aromatic heterocycles. The number of hydrogen-bond acceptors (Lipinski definition) is 3. The third-order valence-corrected chi connectivity index (χ3v) is 3.70. The van der Waals surface area contributed by atoms with Crippen LogP contribution in [-0.2, 0) is 12.7 Å². The van der Waals surface area contributed by atoms with Crippen LogP contribution in [0.4, 0.5) is 13.2 Å². The van der Waals surface area contributed by atoms with E-state index in [1.807, 2.05) is 0 Å². The summed E-state index contributed by atoms with van der Waals surface area (Å²) in [5, 5.41) is 15.9. The number of hydrogen-bond donors (Lipinski definition) is 3. The van der Waals surface area contributed by atoms with Gasteiger partial charge in [0.05, 0.1) is 11.7 Å². The van der Waals surface area contributed by atoms with E-state index in [-0.39, 0.29) is 24.4 Å². The van der Waals surface area contributed by atoms with E-state index >= 15 is 0 Å². The fraction of sp³-hybridized carbons (Fsp3) is 0.571. The molecule has 21 heavy (non-hydrogen) atoms. The Hall–Kier alpha value is -0.820. The number of aliphatic hydroxyl groups excluding tert-OH is 1. The standard InChI is InChI=1S/C14H19F3N2O.ClH/c1-9-4-12(14(15,16)17)3-2-10(9)5-18-6-11-7-19-8-13(11)20;/h2-4,11,13,18-20H,5-8H2,1H3;1H. The third kappa shape index (κ3) is 4.85. The van der Waals surface area contributed by atoms with Crippen LogP contribution in [0.25, 0.3) is 0 Å². The van der Waals surface area contributed by atoms with Crippen molar-refractivity contribution >= 4 is 12.4 Å². The van der Waals surface area contributed by atoms with Crippen LogP contribution in [0.15, 0.2) is 18.2 Å². The van der Waals surface area contributed by atoms with Gasteiger partial charge in [-0.15, -0.1) is 12.4 Å². The lowest BCUT2D eigenvalue weighted by molar-refractivity contribution is -0.137. The molecular weight excluding hydrogens is 305 g/mol. The van der Waals surface area contributed by atoms with Gasteiger partial charge in [0.2, 0.25) is 0 Å². The Bertz CT molecular complexity index is 468. The number of nitrogens with one attached hydrogen (secondary N) is 2. The van der Waals surface area contributed by atoms with E-state index in [2.05, 4.69) is 10.6 Å². The highest BCUT2D eigenvalue weighted by Crippen LogP contribution is 2.30. The molecule has 0 amide bonds. The summed E-state index contributed by atoms with van der Waals surface area (Å²) in [7, 11) is 0. The first-order chi connectivity index (χ1) is 9.38. The highest BCUT2D eigenvalue weighted by molar-refractivity contribution is 5.85. The monoisotopic (exact) mass is 324 g/mol. The van der Waals surface area contributed by atoms with E-state index in [1.165, 1.54) is 12.1 Å². The Balaban J connectivity index is 0.00000220. The van der Waals surface area contributed by atoms with Gasteiger partial charge in [-0.05, 0) is 30.2 Å². The number of aryl methyl sites for hydroxylation is 1. The molecule has 1 saturated heterocycles. The van der Waals surface area contributed by atoms with E-state index in [0.29, 0.717) is 25.2 Å². The fourth-order valence-electron chi connectivity index (χ4n) is 2.39. The lowest BCUT2D eigenvalue weighted by Gasteiger charge is -2.15. The zero-order valence-electron chi connectivity index (χ0n) is 11.7. The van der Waals surface area contributed by atoms with Gasteiger partial charge in [-0.1, -0.05) is 6.07 Å². The predicted octanol–water partition coefficient (Wildman–Crippen LogP) is 2.11. The first-order valence-electron chi connectivity index (χ1n) is 6.64. The molecule has 1 aliphatic rings. The molecule has 2 unspecified atom stereocenters. The normalized spacial score (nSPS) is 22.1. The van der Waals surface area contributed by atoms with Crippen LogP contribution in [-0.4, -0.2) is 30.8 Å². The predicted molar refractivity (Wildman–Crippen MR) is 77.5 cm³/mol. The van der Waals surface area contributed by atoms with Gasteiger partial charge < -0.3 is 15.7 Å². The fourth-order valence-corrected chi connectivity index (χ4v) is 2.39. The largest absolute Gasteiger partial charge is 0.416 e. The van der Waals surface area contributed by atoms with Crippen LogP contribution in [0.2, 0.25) is 0 Å². The van der Waals surface area contributed by atoms with E-state index < -0.39 is 11.7 Å². The maximum atomic E-state index is 12.5. The van der Waals surface area contributed by atoms with Crippen molar-refractivity contribution in [1.82, 2.24) is 10.6 Å². The van der Waals surface area contributed by atoms with Crippen molar-refractivity contribution < 1.29 is 18.3 Å². The van der Waals surface area contributed by atoms with Crippen molar-refractivity contribution in [2.45, 2.75) is 25.7 Å². The van der Waals surface area contributed by atoms with Crippen molar-refractivity contribution in [2.75, 3.05) is 19.6 Å². The molecule has 1 heterocycles. The summed E-state index contributed by atoms with van der Waals surface area (Å²) in [6, 6.07) is 3.79. The van der Waals surface area contributed by atoms with Gasteiger partial charge in [0.25, 0.3) is 0 Å². The summed E-state index contributed by atoms with van der Waals surface area (Å²) in [4.78, 5) is 0. The molecule has 1 aliphatic heterocycles. The van der Waals surface area contributed by atoms with Gasteiger partial charge in [-0.3, -0.25) is 0 Å². The van der Waals surface area contributed by atoms with E-state index in [1.54, 1.807) is 6.92 Å². The zero-order chi connectivity index (χ0) is 14.8. The quantitative estimate of drug-likeness (QED) is 0.795. The maximum absolute atomic E-state index is 12.5. The lowest BCUT2D eigenvalue weighted by Crippen LogP contribution is -2.30. The van der Waals surface area contributed by atoms with Gasteiger partial charge in [0, 0.05) is 32.1 Å². The molecule has 0 bridgehead atoms. The zero-order valence-corrected chi connectivity index (χ0v) is 12.5. The summed E-state index contributed by atoms with van der Waals surface area (Å²) < 4.78 is 37.6. The Morgan fingerprint density at radius 1 is 1.33 bits per heavy atom. The minimum atomic E-state index is -4.30. The second-order valence-electron chi connectivity index (χ2n) is 5.26. The summed E-state index contributed by atoms with van der Waals surface area (Å²) in [6.45, 7) is 4.20. The second kappa shape index (κ2) is 7.45. The minimum Gasteiger partial charge on any atom is -0.391 e. The van der Waals surface area contributed by atoms with Crippen molar-refractivity contribution in [3.8, 4) is 0 Å². The molecule has 1 aromatic rings. The Morgan fingerprint density at radius 3 is 2.57 bits per heavy atom. The molecular formula is C14H20ClF3N2O. The average molecular weight is 325 g/mol. The summed E-state index contributed by atoms with van der Waals surface area (Å²) >= 11 is 0. The minimum absolute atomic E-state index is 0.